The highest BCUT2D eigenvalue weighted by atomic mass is 15.4. The molecule has 0 saturated heterocycles. The van der Waals surface area contributed by atoms with Crippen LogP contribution in [-0.2, 0) is 12.8 Å². The Hall–Kier alpha value is -2.04. The third-order valence-corrected chi connectivity index (χ3v) is 3.48. The van der Waals surface area contributed by atoms with Crippen LogP contribution in [0, 0.1) is 0 Å². The summed E-state index contributed by atoms with van der Waals surface area (Å²) in [6, 6.07) is 6.37. The third-order valence-electron chi connectivity index (χ3n) is 3.48. The molecule has 94 valence electrons. The quantitative estimate of drug-likeness (QED) is 0.747. The Bertz CT molecular complexity index is 573. The minimum Gasteiger partial charge on any atom is -0.368 e. The normalized spacial score (nSPS) is 15.1. The van der Waals surface area contributed by atoms with E-state index in [0.717, 1.165) is 12.1 Å². The Kier molecular flexibility index (Phi) is 2.66. The summed E-state index contributed by atoms with van der Waals surface area (Å²) in [4.78, 5) is 3.93. The standard InChI is InChI=1S/C13H17N5/c14-12-16-13(15)18(17-12)11-7-6-9-4-2-1-3-5-10(9)8-11/h6-8H,1-5H2,(H4,14,15,16,17). The molecule has 0 atom stereocenters. The summed E-state index contributed by atoms with van der Waals surface area (Å²) in [6.45, 7) is 0. The molecule has 0 amide bonds. The van der Waals surface area contributed by atoms with Gasteiger partial charge in [0.05, 0.1) is 5.69 Å². The van der Waals surface area contributed by atoms with E-state index in [1.54, 1.807) is 4.68 Å². The number of hydrogen-bond donors (Lipinski definition) is 2. The number of benzene rings is 1. The van der Waals surface area contributed by atoms with Crippen molar-refractivity contribution in [1.82, 2.24) is 14.8 Å². The second-order valence-corrected chi connectivity index (χ2v) is 4.75. The summed E-state index contributed by atoms with van der Waals surface area (Å²) in [5, 5.41) is 4.11. The lowest BCUT2D eigenvalue weighted by Gasteiger charge is -2.09. The highest BCUT2D eigenvalue weighted by molar-refractivity contribution is 5.45. The molecule has 0 fully saturated rings. The maximum atomic E-state index is 5.79. The maximum Gasteiger partial charge on any atom is 0.241 e. The molecule has 3 rings (SSSR count). The summed E-state index contributed by atoms with van der Waals surface area (Å²) in [7, 11) is 0. The molecule has 5 heteroatoms. The van der Waals surface area contributed by atoms with Gasteiger partial charge >= 0.3 is 0 Å². The van der Waals surface area contributed by atoms with Crippen molar-refractivity contribution < 1.29 is 0 Å². The summed E-state index contributed by atoms with van der Waals surface area (Å²) >= 11 is 0. The molecule has 1 heterocycles. The summed E-state index contributed by atoms with van der Waals surface area (Å²) in [6.07, 6.45) is 6.15. The molecule has 0 aliphatic heterocycles. The molecule has 0 saturated carbocycles. The van der Waals surface area contributed by atoms with Crippen molar-refractivity contribution in [3.8, 4) is 5.69 Å². The molecule has 5 nitrogen and oxygen atoms in total. The minimum atomic E-state index is 0.211. The maximum absolute atomic E-state index is 5.79. The smallest absolute Gasteiger partial charge is 0.241 e. The van der Waals surface area contributed by atoms with E-state index in [1.807, 2.05) is 6.07 Å². The fourth-order valence-electron chi connectivity index (χ4n) is 2.56. The Morgan fingerprint density at radius 1 is 1.00 bits per heavy atom. The number of nitrogen functional groups attached to an aromatic ring is 2. The number of rotatable bonds is 1. The van der Waals surface area contributed by atoms with Crippen molar-refractivity contribution in [1.29, 1.82) is 0 Å². The molecule has 1 aromatic carbocycles. The van der Waals surface area contributed by atoms with Crippen molar-refractivity contribution in [2.24, 2.45) is 0 Å². The van der Waals surface area contributed by atoms with E-state index in [-0.39, 0.29) is 5.95 Å². The second kappa shape index (κ2) is 4.33. The van der Waals surface area contributed by atoms with Crippen LogP contribution >= 0.6 is 0 Å². The van der Waals surface area contributed by atoms with Crippen LogP contribution in [0.4, 0.5) is 11.9 Å². The van der Waals surface area contributed by atoms with Crippen LogP contribution in [0.2, 0.25) is 0 Å². The molecular formula is C13H17N5. The van der Waals surface area contributed by atoms with E-state index in [0.29, 0.717) is 5.95 Å². The van der Waals surface area contributed by atoms with Crippen LogP contribution in [0.25, 0.3) is 5.69 Å². The first-order chi connectivity index (χ1) is 8.74. The van der Waals surface area contributed by atoms with Crippen molar-refractivity contribution in [3.05, 3.63) is 29.3 Å². The molecule has 1 aliphatic rings. The van der Waals surface area contributed by atoms with Gasteiger partial charge in [0.25, 0.3) is 0 Å². The molecule has 0 radical (unpaired) electrons. The predicted molar refractivity (Wildman–Crippen MR) is 71.4 cm³/mol. The Morgan fingerprint density at radius 2 is 1.78 bits per heavy atom. The minimum absolute atomic E-state index is 0.211. The Balaban J connectivity index is 2.04. The highest BCUT2D eigenvalue weighted by Gasteiger charge is 2.11. The zero-order chi connectivity index (χ0) is 12.5. The van der Waals surface area contributed by atoms with Gasteiger partial charge < -0.3 is 11.5 Å². The van der Waals surface area contributed by atoms with Gasteiger partial charge in [-0.05, 0) is 48.9 Å². The van der Waals surface area contributed by atoms with Gasteiger partial charge in [-0.3, -0.25) is 0 Å². The summed E-state index contributed by atoms with van der Waals surface area (Å²) in [5.74, 6) is 0.545. The van der Waals surface area contributed by atoms with Crippen molar-refractivity contribution in [2.75, 3.05) is 11.5 Å². The Morgan fingerprint density at radius 3 is 2.50 bits per heavy atom. The number of nitrogens with two attached hydrogens (primary N) is 2. The van der Waals surface area contributed by atoms with E-state index < -0.39 is 0 Å². The lowest BCUT2D eigenvalue weighted by molar-refractivity contribution is 0.711. The number of nitrogens with zero attached hydrogens (tertiary/aromatic N) is 3. The first-order valence-corrected chi connectivity index (χ1v) is 6.34. The van der Waals surface area contributed by atoms with Crippen LogP contribution in [0.5, 0.6) is 0 Å². The van der Waals surface area contributed by atoms with Crippen LogP contribution in [0.15, 0.2) is 18.2 Å². The van der Waals surface area contributed by atoms with Crippen LogP contribution in [0.3, 0.4) is 0 Å². The van der Waals surface area contributed by atoms with Crippen molar-refractivity contribution >= 4 is 11.9 Å². The molecule has 0 spiro atoms. The SMILES string of the molecule is Nc1nc(N)n(-c2ccc3c(c2)CCCCC3)n1. The fraction of sp³-hybridized carbons (Fsp3) is 0.385. The molecular weight excluding hydrogens is 226 g/mol. The first-order valence-electron chi connectivity index (χ1n) is 6.34. The lowest BCUT2D eigenvalue weighted by atomic mass is 10.0. The van der Waals surface area contributed by atoms with E-state index in [2.05, 4.69) is 22.2 Å². The van der Waals surface area contributed by atoms with Gasteiger partial charge in [0.2, 0.25) is 11.9 Å². The zero-order valence-electron chi connectivity index (χ0n) is 10.3. The molecule has 0 unspecified atom stereocenters. The average molecular weight is 243 g/mol. The van der Waals surface area contributed by atoms with E-state index >= 15 is 0 Å². The predicted octanol–water partition coefficient (Wildman–Crippen LogP) is 1.70. The van der Waals surface area contributed by atoms with E-state index in [9.17, 15) is 0 Å². The van der Waals surface area contributed by atoms with Gasteiger partial charge in [-0.25, -0.2) is 0 Å². The molecule has 18 heavy (non-hydrogen) atoms. The van der Waals surface area contributed by atoms with E-state index in [4.69, 9.17) is 11.5 Å². The van der Waals surface area contributed by atoms with Gasteiger partial charge in [0, 0.05) is 0 Å². The molecule has 4 N–H and O–H groups in total. The van der Waals surface area contributed by atoms with Crippen LogP contribution in [-0.4, -0.2) is 14.8 Å². The van der Waals surface area contributed by atoms with Gasteiger partial charge in [0.1, 0.15) is 0 Å². The number of fused-ring (bicyclic) bond motifs is 1. The summed E-state index contributed by atoms with van der Waals surface area (Å²) in [5.41, 5.74) is 15.1. The zero-order valence-corrected chi connectivity index (χ0v) is 10.3. The number of hydrogen-bond acceptors (Lipinski definition) is 4. The third kappa shape index (κ3) is 1.92. The number of aromatic nitrogens is 3. The van der Waals surface area contributed by atoms with Crippen LogP contribution < -0.4 is 11.5 Å². The van der Waals surface area contributed by atoms with E-state index in [1.165, 1.54) is 36.8 Å². The second-order valence-electron chi connectivity index (χ2n) is 4.75. The molecule has 1 aromatic heterocycles. The molecule has 1 aliphatic carbocycles. The average Bonchev–Trinajstić information content (AvgIpc) is 2.58. The lowest BCUT2D eigenvalue weighted by Crippen LogP contribution is -2.04. The highest BCUT2D eigenvalue weighted by Crippen LogP contribution is 2.23. The van der Waals surface area contributed by atoms with Crippen molar-refractivity contribution in [3.63, 3.8) is 0 Å². The Labute approximate surface area is 106 Å². The van der Waals surface area contributed by atoms with Gasteiger partial charge in [-0.2, -0.15) is 9.67 Å². The van der Waals surface area contributed by atoms with Crippen molar-refractivity contribution in [2.45, 2.75) is 32.1 Å². The monoisotopic (exact) mass is 243 g/mol. The number of aryl methyl sites for hydroxylation is 2. The van der Waals surface area contributed by atoms with Gasteiger partial charge in [0.15, 0.2) is 0 Å². The van der Waals surface area contributed by atoms with Gasteiger partial charge in [-0.1, -0.05) is 12.5 Å². The summed E-state index contributed by atoms with van der Waals surface area (Å²) < 4.78 is 1.60. The largest absolute Gasteiger partial charge is 0.368 e. The number of anilines is 2. The topological polar surface area (TPSA) is 82.7 Å². The first kappa shape index (κ1) is 11.1. The van der Waals surface area contributed by atoms with Crippen LogP contribution in [0.1, 0.15) is 30.4 Å². The fourth-order valence-corrected chi connectivity index (χ4v) is 2.56. The molecule has 0 bridgehead atoms. The molecule has 2 aromatic rings. The van der Waals surface area contributed by atoms with Gasteiger partial charge in [-0.15, -0.1) is 5.10 Å².